The second kappa shape index (κ2) is 13.4. The first-order valence-electron chi connectivity index (χ1n) is 13.9. The number of rotatable bonds is 9. The lowest BCUT2D eigenvalue weighted by atomic mass is 10.1. The Morgan fingerprint density at radius 1 is 1.05 bits per heavy atom. The maximum absolute atomic E-state index is 13.1. The molecule has 3 amide bonds. The fourth-order valence-corrected chi connectivity index (χ4v) is 4.74. The summed E-state index contributed by atoms with van der Waals surface area (Å²) in [7, 11) is 0. The van der Waals surface area contributed by atoms with Crippen molar-refractivity contribution in [1.29, 1.82) is 0 Å². The largest absolute Gasteiger partial charge is 0.444 e. The summed E-state index contributed by atoms with van der Waals surface area (Å²) in [6.07, 6.45) is 2.11. The maximum Gasteiger partial charge on any atom is 0.410 e. The molecule has 3 aromatic rings. The third kappa shape index (κ3) is 8.38. The summed E-state index contributed by atoms with van der Waals surface area (Å²) >= 11 is 0. The normalized spacial score (nSPS) is 15.7. The van der Waals surface area contributed by atoms with Crippen LogP contribution >= 0.6 is 0 Å². The number of aliphatic hydroxyl groups is 1. The summed E-state index contributed by atoms with van der Waals surface area (Å²) in [6.45, 7) is 6.38. The van der Waals surface area contributed by atoms with Gasteiger partial charge in [0.1, 0.15) is 17.3 Å². The number of nitrogens with one attached hydrogen (secondary N) is 1. The third-order valence-corrected chi connectivity index (χ3v) is 6.82. The van der Waals surface area contributed by atoms with E-state index < -0.39 is 23.8 Å². The van der Waals surface area contributed by atoms with Crippen molar-refractivity contribution in [3.05, 3.63) is 95.8 Å². The van der Waals surface area contributed by atoms with Gasteiger partial charge in [0.25, 0.3) is 5.91 Å². The van der Waals surface area contributed by atoms with Gasteiger partial charge in [-0.05, 0) is 75.4 Å². The number of amides is 3. The molecule has 0 saturated carbocycles. The van der Waals surface area contributed by atoms with E-state index in [-0.39, 0.29) is 18.4 Å². The van der Waals surface area contributed by atoms with E-state index in [0.717, 1.165) is 17.5 Å². The highest BCUT2D eigenvalue weighted by Gasteiger charge is 2.35. The Morgan fingerprint density at radius 3 is 2.41 bits per heavy atom. The minimum atomic E-state index is -0.846. The molecule has 2 aromatic carbocycles. The van der Waals surface area contributed by atoms with Gasteiger partial charge in [0.15, 0.2) is 0 Å². The van der Waals surface area contributed by atoms with Crippen molar-refractivity contribution in [1.82, 2.24) is 14.8 Å². The fourth-order valence-electron chi connectivity index (χ4n) is 4.74. The van der Waals surface area contributed by atoms with Crippen LogP contribution in [-0.2, 0) is 16.0 Å². The number of aromatic nitrogens is 1. The summed E-state index contributed by atoms with van der Waals surface area (Å²) in [5.41, 5.74) is 1.97. The second-order valence-electron chi connectivity index (χ2n) is 11.2. The summed E-state index contributed by atoms with van der Waals surface area (Å²) < 4.78 is 5.59. The lowest BCUT2D eigenvalue weighted by Crippen LogP contribution is -2.43. The van der Waals surface area contributed by atoms with Crippen molar-refractivity contribution < 1.29 is 24.2 Å². The number of likely N-dealkylation sites (tertiary alicyclic amines) is 1. The van der Waals surface area contributed by atoms with Gasteiger partial charge in [-0.25, -0.2) is 4.79 Å². The van der Waals surface area contributed by atoms with Crippen LogP contribution in [0.5, 0.6) is 0 Å². The molecule has 2 atom stereocenters. The van der Waals surface area contributed by atoms with Crippen LogP contribution in [0.1, 0.15) is 61.3 Å². The monoisotopic (exact) mass is 558 g/mol. The van der Waals surface area contributed by atoms with Crippen molar-refractivity contribution in [2.24, 2.45) is 0 Å². The Bertz CT molecular complexity index is 1310. The lowest BCUT2D eigenvalue weighted by Gasteiger charge is -2.29. The predicted molar refractivity (Wildman–Crippen MR) is 156 cm³/mol. The standard InChI is InChI=1S/C32H38N4O5/c1-32(2,3)41-31(40)35(22-28(37)24-10-5-4-6-11-24)21-18-23-14-16-25(17-15-23)34-29(38)27-13-9-20-36(27)30(39)26-12-7-8-19-33-26/h4-8,10-12,14-17,19,27-28,37H,9,13,18,20-22H2,1-3H3,(H,34,38)/t27-,28-/m0/s1. The number of ether oxygens (including phenoxy) is 1. The van der Waals surface area contributed by atoms with E-state index in [1.165, 1.54) is 4.90 Å². The van der Waals surface area contributed by atoms with Gasteiger partial charge < -0.3 is 25.0 Å². The van der Waals surface area contributed by atoms with Crippen LogP contribution in [0.25, 0.3) is 0 Å². The Morgan fingerprint density at radius 2 is 1.76 bits per heavy atom. The number of anilines is 1. The van der Waals surface area contributed by atoms with Gasteiger partial charge in [-0.15, -0.1) is 0 Å². The second-order valence-corrected chi connectivity index (χ2v) is 11.2. The van der Waals surface area contributed by atoms with Gasteiger partial charge in [0, 0.05) is 25.0 Å². The minimum Gasteiger partial charge on any atom is -0.444 e. The fraction of sp³-hybridized carbons (Fsp3) is 0.375. The summed E-state index contributed by atoms with van der Waals surface area (Å²) in [5, 5.41) is 13.7. The molecule has 41 heavy (non-hydrogen) atoms. The Kier molecular flexibility index (Phi) is 9.73. The first-order valence-corrected chi connectivity index (χ1v) is 13.9. The van der Waals surface area contributed by atoms with Crippen molar-refractivity contribution in [2.75, 3.05) is 25.0 Å². The number of aliphatic hydroxyl groups excluding tert-OH is 1. The van der Waals surface area contributed by atoms with E-state index in [2.05, 4.69) is 10.3 Å². The molecule has 1 aliphatic rings. The number of benzene rings is 2. The van der Waals surface area contributed by atoms with Crippen LogP contribution in [0.4, 0.5) is 10.5 Å². The number of hydrogen-bond donors (Lipinski definition) is 2. The van der Waals surface area contributed by atoms with Gasteiger partial charge >= 0.3 is 6.09 Å². The average Bonchev–Trinajstić information content (AvgIpc) is 3.46. The molecule has 2 heterocycles. The Hall–Kier alpha value is -4.24. The number of pyridine rings is 1. The molecular formula is C32H38N4O5. The smallest absolute Gasteiger partial charge is 0.410 e. The average molecular weight is 559 g/mol. The molecule has 9 nitrogen and oxygen atoms in total. The van der Waals surface area contributed by atoms with E-state index in [9.17, 15) is 19.5 Å². The van der Waals surface area contributed by atoms with E-state index >= 15 is 0 Å². The Labute approximate surface area is 241 Å². The molecule has 4 rings (SSSR count). The van der Waals surface area contributed by atoms with Crippen molar-refractivity contribution >= 4 is 23.6 Å². The lowest BCUT2D eigenvalue weighted by molar-refractivity contribution is -0.119. The van der Waals surface area contributed by atoms with Crippen LogP contribution in [0.3, 0.4) is 0 Å². The topological polar surface area (TPSA) is 112 Å². The van der Waals surface area contributed by atoms with E-state index in [0.29, 0.717) is 37.3 Å². The van der Waals surface area contributed by atoms with Crippen LogP contribution < -0.4 is 5.32 Å². The van der Waals surface area contributed by atoms with E-state index in [1.54, 1.807) is 29.3 Å². The molecule has 0 bridgehead atoms. The van der Waals surface area contributed by atoms with Crippen molar-refractivity contribution in [2.45, 2.75) is 57.8 Å². The van der Waals surface area contributed by atoms with Crippen LogP contribution in [0.15, 0.2) is 79.0 Å². The van der Waals surface area contributed by atoms with E-state index in [4.69, 9.17) is 4.74 Å². The van der Waals surface area contributed by atoms with Crippen LogP contribution in [0.2, 0.25) is 0 Å². The molecule has 0 radical (unpaired) electrons. The minimum absolute atomic E-state index is 0.0994. The summed E-state index contributed by atoms with van der Waals surface area (Å²) in [4.78, 5) is 46.1. The predicted octanol–water partition coefficient (Wildman–Crippen LogP) is 4.84. The highest BCUT2D eigenvalue weighted by Crippen LogP contribution is 2.22. The van der Waals surface area contributed by atoms with Gasteiger partial charge in [-0.3, -0.25) is 14.6 Å². The number of carbonyl (C=O) groups is 3. The molecule has 2 N–H and O–H groups in total. The quantitative estimate of drug-likeness (QED) is 0.389. The van der Waals surface area contributed by atoms with E-state index in [1.807, 2.05) is 75.4 Å². The molecule has 1 aliphatic heterocycles. The zero-order chi connectivity index (χ0) is 29.4. The van der Waals surface area contributed by atoms with Gasteiger partial charge in [0.2, 0.25) is 5.91 Å². The first-order chi connectivity index (χ1) is 19.6. The molecular weight excluding hydrogens is 520 g/mol. The molecule has 0 spiro atoms. The summed E-state index contributed by atoms with van der Waals surface area (Å²) in [5.74, 6) is -0.476. The van der Waals surface area contributed by atoms with Gasteiger partial charge in [-0.1, -0.05) is 48.5 Å². The molecule has 1 aromatic heterocycles. The molecule has 216 valence electrons. The van der Waals surface area contributed by atoms with Crippen molar-refractivity contribution in [3.8, 4) is 0 Å². The number of nitrogens with zero attached hydrogens (tertiary/aromatic N) is 3. The third-order valence-electron chi connectivity index (χ3n) is 6.82. The molecule has 1 saturated heterocycles. The first kappa shape index (κ1) is 29.7. The maximum atomic E-state index is 13.1. The zero-order valence-corrected chi connectivity index (χ0v) is 23.8. The molecule has 9 heteroatoms. The van der Waals surface area contributed by atoms with Gasteiger partial charge in [0.05, 0.1) is 12.6 Å². The van der Waals surface area contributed by atoms with Gasteiger partial charge in [-0.2, -0.15) is 0 Å². The SMILES string of the molecule is CC(C)(C)OC(=O)N(CCc1ccc(NC(=O)[C@@H]2CCCN2C(=O)c2ccccn2)cc1)C[C@H](O)c1ccccc1. The molecule has 0 aliphatic carbocycles. The Balaban J connectivity index is 1.36. The van der Waals surface area contributed by atoms with Crippen LogP contribution in [-0.4, -0.2) is 69.1 Å². The summed E-state index contributed by atoms with van der Waals surface area (Å²) in [6, 6.07) is 21.2. The highest BCUT2D eigenvalue weighted by atomic mass is 16.6. The zero-order valence-electron chi connectivity index (χ0n) is 23.8. The van der Waals surface area contributed by atoms with Crippen molar-refractivity contribution in [3.63, 3.8) is 0 Å². The highest BCUT2D eigenvalue weighted by molar-refractivity contribution is 6.00. The van der Waals surface area contributed by atoms with Crippen LogP contribution in [0, 0.1) is 0 Å². The molecule has 0 unspecified atom stereocenters. The number of carbonyl (C=O) groups excluding carboxylic acids is 3. The number of hydrogen-bond acceptors (Lipinski definition) is 6. The molecule has 1 fully saturated rings.